The summed E-state index contributed by atoms with van der Waals surface area (Å²) in [5, 5.41) is 18.9. The van der Waals surface area contributed by atoms with E-state index < -0.39 is 22.0 Å². The Morgan fingerprint density at radius 3 is 2.02 bits per heavy atom. The second-order valence-corrected chi connectivity index (χ2v) is 13.1. The van der Waals surface area contributed by atoms with E-state index in [0.717, 1.165) is 11.1 Å². The van der Waals surface area contributed by atoms with Crippen molar-refractivity contribution in [2.24, 2.45) is 0 Å². The largest absolute Gasteiger partial charge is 0.489 e. The predicted octanol–water partition coefficient (Wildman–Crippen LogP) is 9.06. The van der Waals surface area contributed by atoms with Gasteiger partial charge in [-0.05, 0) is 77.4 Å². The molecule has 1 atom stereocenters. The van der Waals surface area contributed by atoms with Crippen molar-refractivity contribution < 1.29 is 24.0 Å². The van der Waals surface area contributed by atoms with Crippen molar-refractivity contribution in [2.75, 3.05) is 10.6 Å². The van der Waals surface area contributed by atoms with Gasteiger partial charge in [-0.15, -0.1) is 11.8 Å². The number of non-ortho nitro benzene ring substituents is 1. The smallest absolute Gasteiger partial charge is 0.272 e. The maximum atomic E-state index is 13.8. The summed E-state index contributed by atoms with van der Waals surface area (Å²) in [7, 11) is 0. The number of hydrogen-bond acceptors (Lipinski definition) is 7. The van der Waals surface area contributed by atoms with E-state index in [9.17, 15) is 24.5 Å². The van der Waals surface area contributed by atoms with Crippen LogP contribution in [0.5, 0.6) is 5.75 Å². The predicted molar refractivity (Wildman–Crippen MR) is 211 cm³/mol. The van der Waals surface area contributed by atoms with Crippen molar-refractivity contribution >= 4 is 52.6 Å². The van der Waals surface area contributed by atoms with Gasteiger partial charge < -0.3 is 20.7 Å². The van der Waals surface area contributed by atoms with E-state index in [1.807, 2.05) is 66.7 Å². The average Bonchev–Trinajstić information content (AvgIpc) is 3.20. The van der Waals surface area contributed by atoms with E-state index in [0.29, 0.717) is 39.8 Å². The Kier molecular flexibility index (Phi) is 12.3. The lowest BCUT2D eigenvalue weighted by Crippen LogP contribution is -2.30. The first-order valence-electron chi connectivity index (χ1n) is 16.8. The van der Waals surface area contributed by atoms with Crippen LogP contribution in [-0.4, -0.2) is 22.6 Å². The number of hydrogen-bond donors (Lipinski definition) is 3. The van der Waals surface area contributed by atoms with Crippen LogP contribution >= 0.6 is 11.8 Å². The summed E-state index contributed by atoms with van der Waals surface area (Å²) in [5.74, 6) is -0.685. The number of thioether (sulfide) groups is 1. The Labute approximate surface area is 316 Å². The van der Waals surface area contributed by atoms with E-state index in [4.69, 9.17) is 4.74 Å². The third-order valence-electron chi connectivity index (χ3n) is 8.00. The molecule has 6 aromatic rings. The topological polar surface area (TPSA) is 140 Å². The van der Waals surface area contributed by atoms with Crippen molar-refractivity contribution in [3.63, 3.8) is 0 Å². The van der Waals surface area contributed by atoms with E-state index in [2.05, 4.69) is 16.0 Å². The molecule has 0 aliphatic carbocycles. The molecule has 0 spiro atoms. The fourth-order valence-electron chi connectivity index (χ4n) is 5.27. The molecular weight excluding hydrogens is 701 g/mol. The quantitative estimate of drug-likeness (QED) is 0.0439. The second-order valence-electron chi connectivity index (χ2n) is 11.9. The van der Waals surface area contributed by atoms with Gasteiger partial charge in [-0.25, -0.2) is 0 Å². The molecule has 10 nitrogen and oxygen atoms in total. The van der Waals surface area contributed by atoms with Crippen LogP contribution in [0.25, 0.3) is 6.08 Å². The molecule has 0 heterocycles. The zero-order valence-electron chi connectivity index (χ0n) is 28.8. The van der Waals surface area contributed by atoms with Crippen molar-refractivity contribution in [2.45, 2.75) is 16.8 Å². The average molecular weight is 735 g/mol. The van der Waals surface area contributed by atoms with Crippen LogP contribution in [0.3, 0.4) is 0 Å². The molecule has 0 aliphatic heterocycles. The molecule has 0 fully saturated rings. The number of nitro benzene ring substituents is 1. The normalized spacial score (nSPS) is 11.5. The number of carbonyl (C=O) groups excluding carboxylic acids is 3. The number of amides is 3. The minimum absolute atomic E-state index is 0.0181. The number of ether oxygens (including phenoxy) is 1. The molecular formula is C43H34N4O6S. The summed E-state index contributed by atoms with van der Waals surface area (Å²) >= 11 is 1.27. The lowest BCUT2D eigenvalue weighted by atomic mass is 10.1. The first-order chi connectivity index (χ1) is 26.3. The highest BCUT2D eigenvalue weighted by molar-refractivity contribution is 8.00. The monoisotopic (exact) mass is 734 g/mol. The van der Waals surface area contributed by atoms with Gasteiger partial charge in [-0.1, -0.05) is 97.1 Å². The SMILES string of the molecule is O=C(Nc1cccc(SC(C(=O)Nc2ccc([N+](=O)[O-])cc2)c2ccccc2)c1)/C(=C/c1ccc(OCc2ccccc2)cc1)NC(=O)c1ccccc1. The molecule has 54 heavy (non-hydrogen) atoms. The molecule has 0 aliphatic rings. The number of carbonyl (C=O) groups is 3. The molecule has 1 unspecified atom stereocenters. The Morgan fingerprint density at radius 1 is 0.704 bits per heavy atom. The van der Waals surface area contributed by atoms with Gasteiger partial charge in [0.05, 0.1) is 4.92 Å². The molecule has 0 aromatic heterocycles. The summed E-state index contributed by atoms with van der Waals surface area (Å²) < 4.78 is 5.91. The maximum Gasteiger partial charge on any atom is 0.272 e. The molecule has 0 saturated heterocycles. The minimum atomic E-state index is -0.701. The lowest BCUT2D eigenvalue weighted by Gasteiger charge is -2.18. The summed E-state index contributed by atoms with van der Waals surface area (Å²) in [6, 6.07) is 47.4. The fraction of sp³-hybridized carbons (Fsp3) is 0.0465. The van der Waals surface area contributed by atoms with Crippen LogP contribution in [0.1, 0.15) is 32.3 Å². The van der Waals surface area contributed by atoms with Crippen LogP contribution in [0.15, 0.2) is 174 Å². The number of nitrogens with zero attached hydrogens (tertiary/aromatic N) is 1. The number of nitro groups is 1. The summed E-state index contributed by atoms with van der Waals surface area (Å²) in [6.45, 7) is 0.407. The van der Waals surface area contributed by atoms with Crippen LogP contribution in [-0.2, 0) is 16.2 Å². The van der Waals surface area contributed by atoms with E-state index in [-0.39, 0.29) is 17.3 Å². The van der Waals surface area contributed by atoms with Gasteiger partial charge in [-0.2, -0.15) is 0 Å². The molecule has 6 rings (SSSR count). The molecule has 6 aromatic carbocycles. The van der Waals surface area contributed by atoms with Gasteiger partial charge in [0.25, 0.3) is 17.5 Å². The molecule has 0 bridgehead atoms. The molecule has 268 valence electrons. The first-order valence-corrected chi connectivity index (χ1v) is 17.7. The van der Waals surface area contributed by atoms with Gasteiger partial charge in [0.15, 0.2) is 0 Å². The van der Waals surface area contributed by atoms with Crippen molar-refractivity contribution in [3.8, 4) is 5.75 Å². The van der Waals surface area contributed by atoms with Crippen LogP contribution in [0, 0.1) is 10.1 Å². The first kappa shape index (κ1) is 36.8. The highest BCUT2D eigenvalue weighted by Crippen LogP contribution is 2.37. The Balaban J connectivity index is 1.20. The van der Waals surface area contributed by atoms with Gasteiger partial charge in [-0.3, -0.25) is 24.5 Å². The van der Waals surface area contributed by atoms with Crippen molar-refractivity contribution in [3.05, 3.63) is 202 Å². The van der Waals surface area contributed by atoms with Gasteiger partial charge >= 0.3 is 0 Å². The Hall–Kier alpha value is -6.98. The third-order valence-corrected chi connectivity index (χ3v) is 9.25. The zero-order chi connectivity index (χ0) is 37.7. The number of anilines is 2. The van der Waals surface area contributed by atoms with Crippen molar-refractivity contribution in [1.29, 1.82) is 0 Å². The summed E-state index contributed by atoms with van der Waals surface area (Å²) in [4.78, 5) is 51.9. The van der Waals surface area contributed by atoms with Crippen LogP contribution < -0.4 is 20.7 Å². The summed E-state index contributed by atoms with van der Waals surface area (Å²) in [5.41, 5.74) is 3.61. The number of rotatable bonds is 14. The summed E-state index contributed by atoms with van der Waals surface area (Å²) in [6.07, 6.45) is 1.59. The number of nitrogens with one attached hydrogen (secondary N) is 3. The molecule has 11 heteroatoms. The second kappa shape index (κ2) is 18.0. The van der Waals surface area contributed by atoms with Gasteiger partial charge in [0.2, 0.25) is 5.91 Å². The van der Waals surface area contributed by atoms with Gasteiger partial charge in [0, 0.05) is 34.0 Å². The molecule has 0 radical (unpaired) electrons. The van der Waals surface area contributed by atoms with E-state index in [1.165, 1.54) is 36.0 Å². The van der Waals surface area contributed by atoms with E-state index in [1.54, 1.807) is 78.9 Å². The maximum absolute atomic E-state index is 13.8. The van der Waals surface area contributed by atoms with Crippen molar-refractivity contribution in [1.82, 2.24) is 5.32 Å². The standard InChI is InChI=1S/C43H34N4O6S/c48-41(33-15-8-3-9-16-33)46-39(27-30-19-25-37(26-20-30)53-29-31-11-4-1-5-12-31)42(49)45-35-17-10-18-38(28-35)54-40(32-13-6-2-7-14-32)43(50)44-34-21-23-36(24-22-34)47(51)52/h1-28,40H,29H2,(H,44,50)(H,45,49)(H,46,48)/b39-27-. The minimum Gasteiger partial charge on any atom is -0.489 e. The third kappa shape index (κ3) is 10.3. The lowest BCUT2D eigenvalue weighted by molar-refractivity contribution is -0.384. The molecule has 0 saturated carbocycles. The Bertz CT molecular complexity index is 2250. The van der Waals surface area contributed by atoms with Gasteiger partial charge in [0.1, 0.15) is 23.3 Å². The fourth-order valence-corrected chi connectivity index (χ4v) is 6.35. The Morgan fingerprint density at radius 2 is 1.35 bits per heavy atom. The number of benzene rings is 6. The highest BCUT2D eigenvalue weighted by Gasteiger charge is 2.23. The highest BCUT2D eigenvalue weighted by atomic mass is 32.2. The van der Waals surface area contributed by atoms with Crippen LogP contribution in [0.4, 0.5) is 17.1 Å². The van der Waals surface area contributed by atoms with Crippen LogP contribution in [0.2, 0.25) is 0 Å². The van der Waals surface area contributed by atoms with E-state index >= 15 is 0 Å². The molecule has 3 N–H and O–H groups in total. The molecule has 3 amide bonds. The zero-order valence-corrected chi connectivity index (χ0v) is 29.6.